The molecule has 0 spiro atoms. The predicted octanol–water partition coefficient (Wildman–Crippen LogP) is 0.898. The van der Waals surface area contributed by atoms with E-state index in [2.05, 4.69) is 5.16 Å². The largest absolute Gasteiger partial charge is 0.409 e. The van der Waals surface area contributed by atoms with Gasteiger partial charge in [-0.25, -0.2) is 4.39 Å². The van der Waals surface area contributed by atoms with Gasteiger partial charge in [-0.2, -0.15) is 0 Å². The molecule has 2 rings (SSSR count). The number of nitrogens with zero attached hydrogens (tertiary/aromatic N) is 2. The van der Waals surface area contributed by atoms with Crippen LogP contribution in [0, 0.1) is 5.82 Å². The maximum atomic E-state index is 13.9. The average Bonchev–Trinajstić information content (AvgIpc) is 2.46. The van der Waals surface area contributed by atoms with E-state index < -0.39 is 11.4 Å². The summed E-state index contributed by atoms with van der Waals surface area (Å²) in [5, 5.41) is 22.2. The third-order valence-electron chi connectivity index (χ3n) is 3.72. The van der Waals surface area contributed by atoms with Gasteiger partial charge < -0.3 is 25.7 Å². The molecule has 1 fully saturated rings. The molecular formula is C14H20FN3O3. The Morgan fingerprint density at radius 3 is 2.76 bits per heavy atom. The van der Waals surface area contributed by atoms with Crippen molar-refractivity contribution in [2.75, 3.05) is 31.7 Å². The quantitative estimate of drug-likeness (QED) is 0.332. The fourth-order valence-electron chi connectivity index (χ4n) is 2.57. The lowest BCUT2D eigenvalue weighted by atomic mass is 9.93. The molecule has 116 valence electrons. The van der Waals surface area contributed by atoms with Crippen LogP contribution < -0.4 is 10.6 Å². The van der Waals surface area contributed by atoms with Crippen molar-refractivity contribution < 1.29 is 19.4 Å². The Hall–Kier alpha value is -1.86. The Morgan fingerprint density at radius 2 is 2.14 bits per heavy atom. The number of hydrogen-bond donors (Lipinski definition) is 3. The highest BCUT2D eigenvalue weighted by atomic mass is 19.1. The number of hydrogen-bond acceptors (Lipinski definition) is 5. The van der Waals surface area contributed by atoms with Gasteiger partial charge in [-0.15, -0.1) is 0 Å². The van der Waals surface area contributed by atoms with E-state index in [9.17, 15) is 9.50 Å². The minimum absolute atomic E-state index is 0.0261. The molecule has 0 aliphatic carbocycles. The zero-order valence-electron chi connectivity index (χ0n) is 11.9. The number of likely N-dealkylation sites (N-methyl/N-ethyl adjacent to an activating group) is 1. The fraction of sp³-hybridized carbons (Fsp3) is 0.500. The first-order valence-electron chi connectivity index (χ1n) is 6.74. The predicted molar refractivity (Wildman–Crippen MR) is 77.2 cm³/mol. The van der Waals surface area contributed by atoms with Gasteiger partial charge in [-0.1, -0.05) is 11.2 Å². The number of amidine groups is 1. The summed E-state index contributed by atoms with van der Waals surface area (Å²) in [5.41, 5.74) is 5.15. The number of aliphatic hydroxyl groups is 1. The number of rotatable bonds is 4. The molecular weight excluding hydrogens is 277 g/mol. The molecule has 0 amide bonds. The summed E-state index contributed by atoms with van der Waals surface area (Å²) in [5.74, 6) is -0.873. The molecule has 21 heavy (non-hydrogen) atoms. The van der Waals surface area contributed by atoms with Crippen LogP contribution in [0.5, 0.6) is 0 Å². The van der Waals surface area contributed by atoms with Gasteiger partial charge in [0.15, 0.2) is 5.84 Å². The first kappa shape index (κ1) is 15.5. The summed E-state index contributed by atoms with van der Waals surface area (Å²) in [7, 11) is 1.73. The van der Waals surface area contributed by atoms with Crippen molar-refractivity contribution in [1.29, 1.82) is 0 Å². The number of benzene rings is 1. The van der Waals surface area contributed by atoms with Crippen molar-refractivity contribution in [3.63, 3.8) is 0 Å². The summed E-state index contributed by atoms with van der Waals surface area (Å²) in [6.45, 7) is 1.31. The van der Waals surface area contributed by atoms with E-state index in [1.165, 1.54) is 6.07 Å². The number of halogens is 1. The van der Waals surface area contributed by atoms with Crippen LogP contribution in [-0.4, -0.2) is 48.6 Å². The van der Waals surface area contributed by atoms with Crippen LogP contribution in [0.25, 0.3) is 0 Å². The molecule has 1 aliphatic rings. The Bertz CT molecular complexity index is 530. The highest BCUT2D eigenvalue weighted by molar-refractivity contribution is 6.02. The number of anilines is 1. The second-order valence-electron chi connectivity index (χ2n) is 5.31. The summed E-state index contributed by atoms with van der Waals surface area (Å²) >= 11 is 0. The van der Waals surface area contributed by atoms with Gasteiger partial charge in [0.2, 0.25) is 0 Å². The molecule has 7 heteroatoms. The van der Waals surface area contributed by atoms with Gasteiger partial charge in [0.25, 0.3) is 0 Å². The molecule has 0 atom stereocenters. The van der Waals surface area contributed by atoms with Crippen LogP contribution in [0.15, 0.2) is 23.4 Å². The topological polar surface area (TPSA) is 91.3 Å². The van der Waals surface area contributed by atoms with E-state index in [-0.39, 0.29) is 11.4 Å². The molecule has 0 saturated carbocycles. The number of nitrogens with two attached hydrogens (primary N) is 1. The van der Waals surface area contributed by atoms with Crippen LogP contribution >= 0.6 is 0 Å². The lowest BCUT2D eigenvalue weighted by molar-refractivity contribution is -0.0572. The van der Waals surface area contributed by atoms with Crippen molar-refractivity contribution in [2.24, 2.45) is 10.9 Å². The lowest BCUT2D eigenvalue weighted by Gasteiger charge is -2.36. The molecule has 6 nitrogen and oxygen atoms in total. The van der Waals surface area contributed by atoms with Gasteiger partial charge in [-0.05, 0) is 12.1 Å². The third kappa shape index (κ3) is 3.43. The van der Waals surface area contributed by atoms with Crippen molar-refractivity contribution in [3.05, 3.63) is 29.6 Å². The van der Waals surface area contributed by atoms with Gasteiger partial charge in [0.1, 0.15) is 5.82 Å². The monoisotopic (exact) mass is 297 g/mol. The maximum absolute atomic E-state index is 13.9. The van der Waals surface area contributed by atoms with Gasteiger partial charge in [0, 0.05) is 39.6 Å². The Balaban J connectivity index is 2.27. The summed E-state index contributed by atoms with van der Waals surface area (Å²) < 4.78 is 19.2. The van der Waals surface area contributed by atoms with Crippen molar-refractivity contribution in [3.8, 4) is 0 Å². The first-order valence-corrected chi connectivity index (χ1v) is 6.74. The van der Waals surface area contributed by atoms with Crippen LogP contribution in [0.1, 0.15) is 18.4 Å². The lowest BCUT2D eigenvalue weighted by Crippen LogP contribution is -2.46. The minimum Gasteiger partial charge on any atom is -0.409 e. The van der Waals surface area contributed by atoms with Crippen molar-refractivity contribution in [1.82, 2.24) is 0 Å². The summed E-state index contributed by atoms with van der Waals surface area (Å²) in [4.78, 5) is 1.71. The SMILES string of the molecule is CN(CC1(O)CCOCC1)c1cccc(F)c1/C(N)=N/O. The van der Waals surface area contributed by atoms with E-state index in [4.69, 9.17) is 15.7 Å². The number of ether oxygens (including phenoxy) is 1. The minimum atomic E-state index is -0.887. The molecule has 1 saturated heterocycles. The molecule has 0 bridgehead atoms. The molecule has 1 aromatic rings. The van der Waals surface area contributed by atoms with Crippen LogP contribution in [0.4, 0.5) is 10.1 Å². The molecule has 0 unspecified atom stereocenters. The fourth-order valence-corrected chi connectivity index (χ4v) is 2.57. The van der Waals surface area contributed by atoms with E-state index in [0.29, 0.717) is 38.3 Å². The second-order valence-corrected chi connectivity index (χ2v) is 5.31. The Kier molecular flexibility index (Phi) is 4.64. The Labute approximate surface area is 122 Å². The van der Waals surface area contributed by atoms with E-state index in [1.807, 2.05) is 0 Å². The number of oxime groups is 1. The van der Waals surface area contributed by atoms with Gasteiger partial charge >= 0.3 is 0 Å². The first-order chi connectivity index (χ1) is 9.97. The van der Waals surface area contributed by atoms with Gasteiger partial charge in [0.05, 0.1) is 16.9 Å². The Morgan fingerprint density at radius 1 is 1.48 bits per heavy atom. The van der Waals surface area contributed by atoms with Crippen LogP contribution in [-0.2, 0) is 4.74 Å². The third-order valence-corrected chi connectivity index (χ3v) is 3.72. The molecule has 1 heterocycles. The molecule has 1 aromatic carbocycles. The van der Waals surface area contributed by atoms with E-state index in [1.54, 1.807) is 24.1 Å². The van der Waals surface area contributed by atoms with Crippen LogP contribution in [0.3, 0.4) is 0 Å². The highest BCUT2D eigenvalue weighted by Crippen LogP contribution is 2.27. The van der Waals surface area contributed by atoms with E-state index in [0.717, 1.165) is 0 Å². The molecule has 0 radical (unpaired) electrons. The zero-order valence-corrected chi connectivity index (χ0v) is 11.9. The van der Waals surface area contributed by atoms with Crippen molar-refractivity contribution >= 4 is 11.5 Å². The smallest absolute Gasteiger partial charge is 0.175 e. The molecule has 0 aromatic heterocycles. The zero-order chi connectivity index (χ0) is 15.5. The van der Waals surface area contributed by atoms with Crippen LogP contribution in [0.2, 0.25) is 0 Å². The summed E-state index contributed by atoms with van der Waals surface area (Å²) in [6, 6.07) is 4.45. The van der Waals surface area contributed by atoms with E-state index >= 15 is 0 Å². The standard InChI is InChI=1S/C14H20FN3O3/c1-18(9-14(19)5-7-21-8-6-14)11-4-2-3-10(15)12(11)13(16)17-20/h2-4,19-20H,5-9H2,1H3,(H2,16,17). The highest BCUT2D eigenvalue weighted by Gasteiger charge is 2.32. The summed E-state index contributed by atoms with van der Waals surface area (Å²) in [6.07, 6.45) is 1.04. The van der Waals surface area contributed by atoms with Gasteiger partial charge in [-0.3, -0.25) is 0 Å². The average molecular weight is 297 g/mol. The molecule has 4 N–H and O–H groups in total. The van der Waals surface area contributed by atoms with Crippen molar-refractivity contribution in [2.45, 2.75) is 18.4 Å². The second kappa shape index (κ2) is 6.28. The normalized spacial score (nSPS) is 18.5. The molecule has 1 aliphatic heterocycles. The maximum Gasteiger partial charge on any atom is 0.175 e.